The number of carbonyl (C=O) groups excluding carboxylic acids is 1. The van der Waals surface area contributed by atoms with Crippen molar-refractivity contribution in [2.75, 3.05) is 31.1 Å². The van der Waals surface area contributed by atoms with Gasteiger partial charge in [0.05, 0.1) is 11.4 Å². The van der Waals surface area contributed by atoms with Crippen molar-refractivity contribution in [2.45, 2.75) is 25.7 Å². The van der Waals surface area contributed by atoms with Gasteiger partial charge in [-0.15, -0.1) is 0 Å². The fourth-order valence-corrected chi connectivity index (χ4v) is 4.90. The number of fused-ring (bicyclic) bond motifs is 1. The molecule has 1 N–H and O–H groups in total. The smallest absolute Gasteiger partial charge is 0.254 e. The van der Waals surface area contributed by atoms with Crippen LogP contribution in [0.5, 0.6) is 0 Å². The van der Waals surface area contributed by atoms with Gasteiger partial charge in [0.15, 0.2) is 0 Å². The zero-order valence-electron chi connectivity index (χ0n) is 18.5. The Bertz CT molecular complexity index is 1200. The number of para-hydroxylation sites is 1. The maximum Gasteiger partial charge on any atom is 0.254 e. The number of piperazine rings is 1. The van der Waals surface area contributed by atoms with Gasteiger partial charge in [0.2, 0.25) is 5.91 Å². The summed E-state index contributed by atoms with van der Waals surface area (Å²) in [5.41, 5.74) is 2.87. The molecule has 0 radical (unpaired) electrons. The second-order valence-electron chi connectivity index (χ2n) is 8.74. The highest BCUT2D eigenvalue weighted by Gasteiger charge is 2.30. The summed E-state index contributed by atoms with van der Waals surface area (Å²) in [5.74, 6) is 0.356. The normalized spacial score (nSPS) is 18.5. The van der Waals surface area contributed by atoms with E-state index < -0.39 is 0 Å². The molecule has 1 unspecified atom stereocenters. The SMILES string of the molecule is O=C(C1CCc2nc(-c3ccccc3)[nH]c(=O)c2CC1)N1CCN(c2ccccc2F)CC1. The van der Waals surface area contributed by atoms with Crippen LogP contribution in [-0.2, 0) is 17.6 Å². The summed E-state index contributed by atoms with van der Waals surface area (Å²) >= 11 is 0. The molecule has 1 aromatic heterocycles. The second kappa shape index (κ2) is 9.17. The van der Waals surface area contributed by atoms with Crippen LogP contribution >= 0.6 is 0 Å². The summed E-state index contributed by atoms with van der Waals surface area (Å²) in [6.45, 7) is 2.38. The predicted octanol–water partition coefficient (Wildman–Crippen LogP) is 3.42. The number of hydrogen-bond donors (Lipinski definition) is 1. The molecular weight excluding hydrogens is 419 g/mol. The second-order valence-corrected chi connectivity index (χ2v) is 8.74. The third kappa shape index (κ3) is 4.40. The van der Waals surface area contributed by atoms with Gasteiger partial charge in [0, 0.05) is 43.2 Å². The Labute approximate surface area is 192 Å². The number of rotatable bonds is 3. The third-order valence-corrected chi connectivity index (χ3v) is 6.75. The minimum absolute atomic E-state index is 0.106. The molecule has 1 aliphatic heterocycles. The molecule has 2 heterocycles. The number of aromatic amines is 1. The Kier molecular flexibility index (Phi) is 5.94. The number of H-pyrrole nitrogens is 1. The van der Waals surface area contributed by atoms with E-state index in [0.29, 0.717) is 68.9 Å². The molecule has 1 fully saturated rings. The van der Waals surface area contributed by atoms with Crippen LogP contribution in [-0.4, -0.2) is 47.0 Å². The number of aromatic nitrogens is 2. The van der Waals surface area contributed by atoms with Crippen molar-refractivity contribution in [2.24, 2.45) is 5.92 Å². The van der Waals surface area contributed by atoms with Gasteiger partial charge in [0.1, 0.15) is 11.6 Å². The third-order valence-electron chi connectivity index (χ3n) is 6.75. The maximum atomic E-state index is 14.1. The van der Waals surface area contributed by atoms with E-state index in [1.165, 1.54) is 6.07 Å². The molecule has 1 atom stereocenters. The molecule has 33 heavy (non-hydrogen) atoms. The van der Waals surface area contributed by atoms with E-state index >= 15 is 0 Å². The zero-order valence-corrected chi connectivity index (χ0v) is 18.5. The van der Waals surface area contributed by atoms with Gasteiger partial charge in [0.25, 0.3) is 5.56 Å². The molecule has 7 heteroatoms. The highest BCUT2D eigenvalue weighted by Crippen LogP contribution is 2.26. The van der Waals surface area contributed by atoms with E-state index in [4.69, 9.17) is 4.98 Å². The summed E-state index contributed by atoms with van der Waals surface area (Å²) in [5, 5.41) is 0. The molecule has 5 rings (SSSR count). The number of hydrogen-bond acceptors (Lipinski definition) is 4. The van der Waals surface area contributed by atoms with Crippen molar-refractivity contribution in [3.05, 3.63) is 82.0 Å². The predicted molar refractivity (Wildman–Crippen MR) is 126 cm³/mol. The summed E-state index contributed by atoms with van der Waals surface area (Å²) < 4.78 is 14.1. The van der Waals surface area contributed by atoms with Crippen molar-refractivity contribution in [3.8, 4) is 11.4 Å². The molecule has 170 valence electrons. The molecule has 1 saturated heterocycles. The number of carbonyl (C=O) groups is 1. The highest BCUT2D eigenvalue weighted by molar-refractivity contribution is 5.79. The maximum absolute atomic E-state index is 14.1. The van der Waals surface area contributed by atoms with E-state index in [0.717, 1.165) is 11.3 Å². The molecule has 3 aromatic rings. The van der Waals surface area contributed by atoms with E-state index in [2.05, 4.69) is 4.98 Å². The first-order chi connectivity index (χ1) is 16.1. The summed E-state index contributed by atoms with van der Waals surface area (Å²) in [6.07, 6.45) is 2.50. The number of benzene rings is 2. The largest absolute Gasteiger partial charge is 0.366 e. The number of nitrogens with one attached hydrogen (secondary N) is 1. The molecule has 0 saturated carbocycles. The van der Waals surface area contributed by atoms with Crippen molar-refractivity contribution in [1.82, 2.24) is 14.9 Å². The molecule has 0 spiro atoms. The Morgan fingerprint density at radius 2 is 1.64 bits per heavy atom. The Balaban J connectivity index is 1.25. The molecule has 2 aliphatic rings. The average Bonchev–Trinajstić information content (AvgIpc) is 3.08. The number of halogens is 1. The summed E-state index contributed by atoms with van der Waals surface area (Å²) in [7, 11) is 0. The van der Waals surface area contributed by atoms with Gasteiger partial charge in [-0.1, -0.05) is 42.5 Å². The highest BCUT2D eigenvalue weighted by atomic mass is 19.1. The van der Waals surface area contributed by atoms with Crippen molar-refractivity contribution in [1.29, 1.82) is 0 Å². The Morgan fingerprint density at radius 3 is 2.39 bits per heavy atom. The Hall–Kier alpha value is -3.48. The van der Waals surface area contributed by atoms with Crippen molar-refractivity contribution in [3.63, 3.8) is 0 Å². The first kappa shape index (κ1) is 21.4. The Morgan fingerprint density at radius 1 is 0.939 bits per heavy atom. The van der Waals surface area contributed by atoms with E-state index in [1.54, 1.807) is 12.1 Å². The fraction of sp³-hybridized carbons (Fsp3) is 0.346. The van der Waals surface area contributed by atoms with Gasteiger partial charge in [-0.3, -0.25) is 9.59 Å². The van der Waals surface area contributed by atoms with E-state index in [-0.39, 0.29) is 23.2 Å². The lowest BCUT2D eigenvalue weighted by molar-refractivity contribution is -0.136. The number of nitrogens with zero attached hydrogens (tertiary/aromatic N) is 3. The standard InChI is InChI=1S/C26H27FN4O2/c27-21-8-4-5-9-23(21)30-14-16-31(17-15-30)26(33)19-10-12-20-22(13-11-19)28-24(29-25(20)32)18-6-2-1-3-7-18/h1-9,19H,10-17H2,(H,28,29,32). The topological polar surface area (TPSA) is 69.3 Å². The number of amides is 1. The first-order valence-electron chi connectivity index (χ1n) is 11.6. The molecule has 6 nitrogen and oxygen atoms in total. The van der Waals surface area contributed by atoms with Crippen LogP contribution in [0, 0.1) is 11.7 Å². The fourth-order valence-electron chi connectivity index (χ4n) is 4.90. The van der Waals surface area contributed by atoms with E-state index in [1.807, 2.05) is 46.2 Å². The van der Waals surface area contributed by atoms with Crippen molar-refractivity contribution < 1.29 is 9.18 Å². The van der Waals surface area contributed by atoms with Gasteiger partial charge in [-0.05, 0) is 37.8 Å². The van der Waals surface area contributed by atoms with E-state index in [9.17, 15) is 14.0 Å². The first-order valence-corrected chi connectivity index (χ1v) is 11.6. The summed E-state index contributed by atoms with van der Waals surface area (Å²) in [4.78, 5) is 37.6. The average molecular weight is 447 g/mol. The lowest BCUT2D eigenvalue weighted by Gasteiger charge is -2.37. The van der Waals surface area contributed by atoms with Crippen LogP contribution in [0.2, 0.25) is 0 Å². The van der Waals surface area contributed by atoms with Gasteiger partial charge >= 0.3 is 0 Å². The monoisotopic (exact) mass is 446 g/mol. The minimum Gasteiger partial charge on any atom is -0.366 e. The van der Waals surface area contributed by atoms with Crippen molar-refractivity contribution >= 4 is 11.6 Å². The summed E-state index contributed by atoms with van der Waals surface area (Å²) in [6, 6.07) is 16.4. The lowest BCUT2D eigenvalue weighted by atomic mass is 9.97. The van der Waals surface area contributed by atoms with Crippen LogP contribution in [0.4, 0.5) is 10.1 Å². The van der Waals surface area contributed by atoms with Gasteiger partial charge < -0.3 is 14.8 Å². The molecular formula is C26H27FN4O2. The van der Waals surface area contributed by atoms with Crippen LogP contribution < -0.4 is 10.5 Å². The molecule has 1 aliphatic carbocycles. The quantitative estimate of drug-likeness (QED) is 0.626. The zero-order chi connectivity index (χ0) is 22.8. The molecule has 0 bridgehead atoms. The van der Waals surface area contributed by atoms with Crippen LogP contribution in [0.3, 0.4) is 0 Å². The van der Waals surface area contributed by atoms with Crippen LogP contribution in [0.1, 0.15) is 24.1 Å². The molecule has 1 amide bonds. The lowest BCUT2D eigenvalue weighted by Crippen LogP contribution is -2.50. The number of aryl methyl sites for hydroxylation is 1. The minimum atomic E-state index is -0.230. The van der Waals surface area contributed by atoms with Gasteiger partial charge in [-0.2, -0.15) is 0 Å². The number of anilines is 1. The molecule has 2 aromatic carbocycles. The van der Waals surface area contributed by atoms with Gasteiger partial charge in [-0.25, -0.2) is 9.37 Å². The van der Waals surface area contributed by atoms with Crippen LogP contribution in [0.15, 0.2) is 59.4 Å². The van der Waals surface area contributed by atoms with Crippen LogP contribution in [0.25, 0.3) is 11.4 Å².